The van der Waals surface area contributed by atoms with Gasteiger partial charge in [0, 0.05) is 37.5 Å². The minimum Gasteiger partial charge on any atom is -0.399 e. The largest absolute Gasteiger partial charge is 0.399 e. The van der Waals surface area contributed by atoms with Crippen molar-refractivity contribution in [2.45, 2.75) is 32.0 Å². The maximum absolute atomic E-state index is 13.1. The predicted molar refractivity (Wildman–Crippen MR) is 109 cm³/mol. The normalized spacial score (nSPS) is 18.5. The molecule has 2 aromatic heterocycles. The van der Waals surface area contributed by atoms with Gasteiger partial charge in [-0.3, -0.25) is 15.0 Å². The van der Waals surface area contributed by atoms with E-state index in [4.69, 9.17) is 5.73 Å². The summed E-state index contributed by atoms with van der Waals surface area (Å²) in [7, 11) is 0. The number of carbonyl (C=O) groups excluding carboxylic acids is 2. The smallest absolute Gasteiger partial charge is 0.391 e. The standard InChI is InChI=1S/C20H21F3N6O2/c1-11(20(21,22)23)8-16(30)14-2-3-15-18(26-14)29(13-5-7-28(15)10-13)19(31)27-17-9-12(24)4-6-25-17/h2-4,6,9,11,13H,5,7-8,10H2,1H3,(H3,24,25,27,31)/t11-,13-/m0/s1. The number of ketones is 1. The van der Waals surface area contributed by atoms with Gasteiger partial charge in [-0.05, 0) is 24.6 Å². The lowest BCUT2D eigenvalue weighted by molar-refractivity contribution is -0.168. The molecule has 3 N–H and O–H groups in total. The third kappa shape index (κ3) is 4.12. The first kappa shape index (κ1) is 20.9. The van der Waals surface area contributed by atoms with Crippen LogP contribution in [0.4, 0.5) is 41.0 Å². The van der Waals surface area contributed by atoms with Gasteiger partial charge >= 0.3 is 12.2 Å². The second-order valence-electron chi connectivity index (χ2n) is 7.77. The van der Waals surface area contributed by atoms with E-state index in [1.807, 2.05) is 4.90 Å². The van der Waals surface area contributed by atoms with Gasteiger partial charge in [-0.1, -0.05) is 6.92 Å². The van der Waals surface area contributed by atoms with Crippen LogP contribution in [0.1, 0.15) is 30.3 Å². The number of nitrogen functional groups attached to an aromatic ring is 1. The molecule has 8 nitrogen and oxygen atoms in total. The van der Waals surface area contributed by atoms with Gasteiger partial charge in [0.15, 0.2) is 11.6 Å². The van der Waals surface area contributed by atoms with Crippen molar-refractivity contribution in [2.24, 2.45) is 5.92 Å². The first-order chi connectivity index (χ1) is 14.6. The van der Waals surface area contributed by atoms with Crippen LogP contribution in [0.5, 0.6) is 0 Å². The van der Waals surface area contributed by atoms with Gasteiger partial charge in [-0.25, -0.2) is 14.8 Å². The molecule has 2 aliphatic heterocycles. The van der Waals surface area contributed by atoms with Crippen molar-refractivity contribution in [1.29, 1.82) is 0 Å². The zero-order valence-electron chi connectivity index (χ0n) is 16.7. The molecule has 0 radical (unpaired) electrons. The van der Waals surface area contributed by atoms with Crippen molar-refractivity contribution in [3.63, 3.8) is 0 Å². The van der Waals surface area contributed by atoms with E-state index in [1.165, 1.54) is 23.2 Å². The van der Waals surface area contributed by atoms with Crippen molar-refractivity contribution < 1.29 is 22.8 Å². The first-order valence-corrected chi connectivity index (χ1v) is 9.81. The molecule has 2 amide bonds. The van der Waals surface area contributed by atoms with Gasteiger partial charge in [-0.15, -0.1) is 0 Å². The van der Waals surface area contributed by atoms with E-state index in [0.29, 0.717) is 30.9 Å². The van der Waals surface area contributed by atoms with Crippen LogP contribution in [-0.2, 0) is 0 Å². The van der Waals surface area contributed by atoms with Crippen molar-refractivity contribution in [3.05, 3.63) is 36.2 Å². The number of aromatic nitrogens is 2. The van der Waals surface area contributed by atoms with Gasteiger partial charge < -0.3 is 10.6 Å². The Bertz CT molecular complexity index is 1030. The van der Waals surface area contributed by atoms with E-state index >= 15 is 0 Å². The summed E-state index contributed by atoms with van der Waals surface area (Å²) in [6.45, 7) is 2.27. The lowest BCUT2D eigenvalue weighted by atomic mass is 10.0. The van der Waals surface area contributed by atoms with Gasteiger partial charge in [0.05, 0.1) is 17.6 Å². The van der Waals surface area contributed by atoms with Crippen LogP contribution in [0.25, 0.3) is 0 Å². The van der Waals surface area contributed by atoms with Crippen molar-refractivity contribution in [3.8, 4) is 0 Å². The fourth-order valence-corrected chi connectivity index (χ4v) is 3.81. The van der Waals surface area contributed by atoms with E-state index in [2.05, 4.69) is 15.3 Å². The molecule has 2 bridgehead atoms. The predicted octanol–water partition coefficient (Wildman–Crippen LogP) is 3.46. The molecule has 2 atom stereocenters. The number of Topliss-reactive ketones (excluding diaryl/α,β-unsaturated/α-hetero) is 1. The van der Waals surface area contributed by atoms with Crippen LogP contribution in [0.15, 0.2) is 30.5 Å². The maximum atomic E-state index is 13.1. The Morgan fingerprint density at radius 2 is 2.10 bits per heavy atom. The van der Waals surface area contributed by atoms with Crippen LogP contribution in [0, 0.1) is 5.92 Å². The number of amides is 2. The second kappa shape index (κ2) is 7.71. The van der Waals surface area contributed by atoms with Crippen LogP contribution in [-0.4, -0.2) is 47.1 Å². The average Bonchev–Trinajstić information content (AvgIpc) is 3.11. The highest BCUT2D eigenvalue weighted by Crippen LogP contribution is 2.39. The number of rotatable bonds is 4. The number of nitrogens with zero attached hydrogens (tertiary/aromatic N) is 4. The lowest BCUT2D eigenvalue weighted by Gasteiger charge is -2.35. The maximum Gasteiger partial charge on any atom is 0.391 e. The molecule has 164 valence electrons. The molecule has 0 aliphatic carbocycles. The number of fused-ring (bicyclic) bond motifs is 4. The van der Waals surface area contributed by atoms with Crippen LogP contribution >= 0.6 is 0 Å². The average molecular weight is 434 g/mol. The highest BCUT2D eigenvalue weighted by Gasteiger charge is 2.41. The number of hydrogen-bond donors (Lipinski definition) is 2. The molecule has 11 heteroatoms. The summed E-state index contributed by atoms with van der Waals surface area (Å²) in [4.78, 5) is 37.4. The SMILES string of the molecule is C[C@@H](CC(=O)c1ccc2c(n1)N(C(=O)Nc1cc(N)ccn1)[C@H]1CCN2C1)C(F)(F)F. The van der Waals surface area contributed by atoms with Crippen molar-refractivity contribution in [2.75, 3.05) is 33.9 Å². The molecular weight excluding hydrogens is 413 g/mol. The second-order valence-corrected chi connectivity index (χ2v) is 7.77. The van der Waals surface area contributed by atoms with E-state index in [0.717, 1.165) is 6.92 Å². The summed E-state index contributed by atoms with van der Waals surface area (Å²) in [5.74, 6) is -2.00. The molecule has 31 heavy (non-hydrogen) atoms. The molecule has 4 rings (SSSR count). The summed E-state index contributed by atoms with van der Waals surface area (Å²) < 4.78 is 38.6. The third-order valence-corrected chi connectivity index (χ3v) is 5.53. The Labute approximate surface area is 176 Å². The molecule has 0 spiro atoms. The van der Waals surface area contributed by atoms with Gasteiger partial charge in [0.2, 0.25) is 0 Å². The number of urea groups is 1. The fourth-order valence-electron chi connectivity index (χ4n) is 3.81. The zero-order chi connectivity index (χ0) is 22.3. The number of anilines is 4. The Hall–Kier alpha value is -3.37. The minimum atomic E-state index is -4.47. The highest BCUT2D eigenvalue weighted by atomic mass is 19.4. The van der Waals surface area contributed by atoms with E-state index < -0.39 is 30.3 Å². The number of alkyl halides is 3. The van der Waals surface area contributed by atoms with Gasteiger partial charge in [0.25, 0.3) is 0 Å². The number of pyridine rings is 2. The molecule has 1 saturated heterocycles. The highest BCUT2D eigenvalue weighted by molar-refractivity contribution is 6.05. The molecule has 0 aromatic carbocycles. The number of carbonyl (C=O) groups is 2. The summed E-state index contributed by atoms with van der Waals surface area (Å²) in [5.41, 5.74) is 6.72. The Balaban J connectivity index is 1.63. The molecule has 1 fully saturated rings. The summed E-state index contributed by atoms with van der Waals surface area (Å²) in [6.07, 6.45) is -3.02. The molecule has 0 saturated carbocycles. The molecule has 2 aromatic rings. The van der Waals surface area contributed by atoms with E-state index in [-0.39, 0.29) is 23.4 Å². The van der Waals surface area contributed by atoms with Gasteiger partial charge in [0.1, 0.15) is 11.5 Å². The van der Waals surface area contributed by atoms with E-state index in [9.17, 15) is 22.8 Å². The molecule has 2 aliphatic rings. The molecule has 4 heterocycles. The molecular formula is C20H21F3N6O2. The fraction of sp³-hybridized carbons (Fsp3) is 0.400. The molecule has 0 unspecified atom stereocenters. The number of hydrogen-bond acceptors (Lipinski definition) is 6. The lowest BCUT2D eigenvalue weighted by Crippen LogP contribution is -2.48. The van der Waals surface area contributed by atoms with Crippen molar-refractivity contribution in [1.82, 2.24) is 9.97 Å². The quantitative estimate of drug-likeness (QED) is 0.715. The number of nitrogens with one attached hydrogen (secondary N) is 1. The zero-order valence-corrected chi connectivity index (χ0v) is 16.7. The Morgan fingerprint density at radius 1 is 1.32 bits per heavy atom. The van der Waals surface area contributed by atoms with Gasteiger partial charge in [-0.2, -0.15) is 13.2 Å². The topological polar surface area (TPSA) is 104 Å². The van der Waals surface area contributed by atoms with Crippen LogP contribution in [0.2, 0.25) is 0 Å². The minimum absolute atomic E-state index is 0.0998. The van der Waals surface area contributed by atoms with Crippen molar-refractivity contribution >= 4 is 34.8 Å². The first-order valence-electron chi connectivity index (χ1n) is 9.81. The Morgan fingerprint density at radius 3 is 2.81 bits per heavy atom. The summed E-state index contributed by atoms with van der Waals surface area (Å²) >= 11 is 0. The number of halogens is 3. The Kier molecular flexibility index (Phi) is 5.19. The summed E-state index contributed by atoms with van der Waals surface area (Å²) in [6, 6.07) is 5.47. The van der Waals surface area contributed by atoms with Crippen LogP contribution in [0.3, 0.4) is 0 Å². The third-order valence-electron chi connectivity index (χ3n) is 5.53. The monoisotopic (exact) mass is 434 g/mol. The van der Waals surface area contributed by atoms with Crippen LogP contribution < -0.4 is 20.9 Å². The number of nitrogens with two attached hydrogens (primary N) is 1. The summed E-state index contributed by atoms with van der Waals surface area (Å²) in [5, 5.41) is 2.68. The van der Waals surface area contributed by atoms with E-state index in [1.54, 1.807) is 12.1 Å².